The lowest BCUT2D eigenvalue weighted by Crippen LogP contribution is -2.25. The fraction of sp³-hybridized carbons (Fsp3) is 0.323. The summed E-state index contributed by atoms with van der Waals surface area (Å²) >= 11 is 0. The monoisotopic (exact) mass is 583 g/mol. The number of fused-ring (bicyclic) bond motifs is 1. The molecular weight excluding hydrogens is 544 g/mol. The molecule has 0 saturated heterocycles. The largest absolute Gasteiger partial charge is 0.494 e. The van der Waals surface area contributed by atoms with Gasteiger partial charge >= 0.3 is 0 Å². The first-order chi connectivity index (χ1) is 20.5. The highest BCUT2D eigenvalue weighted by molar-refractivity contribution is 5.96. The van der Waals surface area contributed by atoms with Gasteiger partial charge in [-0.3, -0.25) is 9.20 Å². The predicted molar refractivity (Wildman–Crippen MR) is 161 cm³/mol. The summed E-state index contributed by atoms with van der Waals surface area (Å²) in [5.41, 5.74) is 3.16. The lowest BCUT2D eigenvalue weighted by Gasteiger charge is -2.13. The summed E-state index contributed by atoms with van der Waals surface area (Å²) in [5, 5.41) is 6.23. The second kappa shape index (κ2) is 18.6. The maximum Gasteiger partial charge on any atom is 0.251 e. The third-order valence-electron chi connectivity index (χ3n) is 6.03. The highest BCUT2D eigenvalue weighted by Crippen LogP contribution is 2.31. The quantitative estimate of drug-likeness (QED) is 0.203. The van der Waals surface area contributed by atoms with E-state index in [0.717, 1.165) is 30.5 Å². The number of carbonyl (C=O) groups is 3. The lowest BCUT2D eigenvalue weighted by atomic mass is 10.0. The second-order valence-electron chi connectivity index (χ2n) is 8.37. The summed E-state index contributed by atoms with van der Waals surface area (Å²) in [6, 6.07) is 8.35. The zero-order chi connectivity index (χ0) is 31.7. The van der Waals surface area contributed by atoms with E-state index in [-0.39, 0.29) is 17.2 Å². The van der Waals surface area contributed by atoms with Gasteiger partial charge in [0.2, 0.25) is 5.82 Å². The third kappa shape index (κ3) is 8.42. The fourth-order valence-electron chi connectivity index (χ4n) is 4.09. The summed E-state index contributed by atoms with van der Waals surface area (Å²) in [6.45, 7) is 12.8. The predicted octanol–water partition coefficient (Wildman–Crippen LogP) is 6.57. The van der Waals surface area contributed by atoms with Crippen LogP contribution in [0.25, 0.3) is 16.9 Å². The summed E-state index contributed by atoms with van der Waals surface area (Å²) in [6.07, 6.45) is 8.47. The van der Waals surface area contributed by atoms with Crippen LogP contribution in [0.2, 0.25) is 0 Å². The number of aromatic nitrogens is 3. The van der Waals surface area contributed by atoms with Crippen molar-refractivity contribution in [2.45, 2.75) is 53.4 Å². The van der Waals surface area contributed by atoms with Gasteiger partial charge in [0, 0.05) is 35.8 Å². The van der Waals surface area contributed by atoms with Crippen LogP contribution in [0.15, 0.2) is 48.9 Å². The van der Waals surface area contributed by atoms with Crippen molar-refractivity contribution in [3.63, 3.8) is 0 Å². The number of halogens is 2. The summed E-state index contributed by atoms with van der Waals surface area (Å²) in [5.74, 6) is -1.88. The Balaban J connectivity index is 0.00000138. The average Bonchev–Trinajstić information content (AvgIpc) is 3.48. The van der Waals surface area contributed by atoms with Crippen LogP contribution in [0, 0.1) is 11.6 Å². The van der Waals surface area contributed by atoms with Crippen molar-refractivity contribution >= 4 is 36.6 Å². The number of benzene rings is 2. The molecule has 0 aliphatic carbocycles. The fourth-order valence-corrected chi connectivity index (χ4v) is 4.09. The lowest BCUT2D eigenvalue weighted by molar-refractivity contribution is -0.0987. The molecule has 2 N–H and O–H groups in total. The van der Waals surface area contributed by atoms with Gasteiger partial charge in [-0.15, -0.1) is 0 Å². The standard InChI is InChI=1S/C27H29F2N5O2.C2H6.2CH2O/c1-4-6-7-12-31-27(35)19-9-8-18(15-17(19)5-2)33-25-26-32-16-21(34(26)14-13-30-25)20-10-11-22(36-3)24(29)23(20)28;3*1-2/h8-11,13-16H,4-7,12H2,1-3H3,(H,30,33)(H,31,35);1-2H3;2*1H2. The summed E-state index contributed by atoms with van der Waals surface area (Å²) in [4.78, 5) is 37.4. The Labute approximate surface area is 245 Å². The summed E-state index contributed by atoms with van der Waals surface area (Å²) in [7, 11) is 1.28. The van der Waals surface area contributed by atoms with E-state index in [1.54, 1.807) is 22.9 Å². The van der Waals surface area contributed by atoms with Crippen molar-refractivity contribution in [2.24, 2.45) is 0 Å². The molecule has 42 heavy (non-hydrogen) atoms. The van der Waals surface area contributed by atoms with Gasteiger partial charge in [0.1, 0.15) is 13.6 Å². The number of rotatable bonds is 10. The number of anilines is 2. The highest BCUT2D eigenvalue weighted by Gasteiger charge is 2.19. The SMILES string of the molecule is C=O.C=O.CC.CCCCCNC(=O)c1ccc(Nc2nccn3c(-c4ccc(OC)c(F)c4F)cnc23)cc1CC. The van der Waals surface area contributed by atoms with E-state index < -0.39 is 11.6 Å². The Morgan fingerprint density at radius 1 is 1.00 bits per heavy atom. The molecular formula is C31H39F2N5O4. The Kier molecular flexibility index (Phi) is 15.7. The Bertz CT molecular complexity index is 1430. The zero-order valence-electron chi connectivity index (χ0n) is 24.8. The van der Waals surface area contributed by atoms with Crippen molar-refractivity contribution in [3.05, 3.63) is 71.7 Å². The molecule has 0 unspecified atom stereocenters. The molecule has 226 valence electrons. The number of nitrogens with one attached hydrogen (secondary N) is 2. The highest BCUT2D eigenvalue weighted by atomic mass is 19.2. The van der Waals surface area contributed by atoms with Crippen molar-refractivity contribution in [1.82, 2.24) is 19.7 Å². The third-order valence-corrected chi connectivity index (χ3v) is 6.03. The van der Waals surface area contributed by atoms with Crippen LogP contribution in [-0.4, -0.2) is 47.5 Å². The molecule has 0 spiro atoms. The molecule has 1 amide bonds. The van der Waals surface area contributed by atoms with Gasteiger partial charge in [-0.05, 0) is 48.7 Å². The van der Waals surface area contributed by atoms with Crippen molar-refractivity contribution in [2.75, 3.05) is 19.0 Å². The number of hydrogen-bond acceptors (Lipinski definition) is 7. The topological polar surface area (TPSA) is 115 Å². The van der Waals surface area contributed by atoms with Gasteiger partial charge in [0.25, 0.3) is 5.91 Å². The van der Waals surface area contributed by atoms with Crippen LogP contribution < -0.4 is 15.4 Å². The van der Waals surface area contributed by atoms with E-state index in [2.05, 4.69) is 27.5 Å². The van der Waals surface area contributed by atoms with E-state index in [9.17, 15) is 13.6 Å². The van der Waals surface area contributed by atoms with E-state index in [0.29, 0.717) is 35.7 Å². The number of carbonyl (C=O) groups excluding carboxylic acids is 3. The van der Waals surface area contributed by atoms with Crippen molar-refractivity contribution < 1.29 is 27.9 Å². The number of imidazole rings is 1. The Hall–Kier alpha value is -4.67. The van der Waals surface area contributed by atoms with E-state index in [1.165, 1.54) is 25.4 Å². The molecule has 0 aliphatic rings. The minimum atomic E-state index is -1.06. The molecule has 2 aromatic carbocycles. The van der Waals surface area contributed by atoms with E-state index >= 15 is 0 Å². The van der Waals surface area contributed by atoms with Crippen LogP contribution in [0.3, 0.4) is 0 Å². The molecule has 2 heterocycles. The maximum absolute atomic E-state index is 14.7. The minimum Gasteiger partial charge on any atom is -0.494 e. The normalized spacial score (nSPS) is 9.79. The van der Waals surface area contributed by atoms with Gasteiger partial charge in [0.15, 0.2) is 23.0 Å². The van der Waals surface area contributed by atoms with Gasteiger partial charge < -0.3 is 25.0 Å². The zero-order valence-corrected chi connectivity index (χ0v) is 24.8. The van der Waals surface area contributed by atoms with E-state index in [4.69, 9.17) is 14.3 Å². The molecule has 0 saturated carbocycles. The van der Waals surface area contributed by atoms with Crippen LogP contribution in [0.5, 0.6) is 5.75 Å². The molecule has 0 aliphatic heterocycles. The smallest absolute Gasteiger partial charge is 0.251 e. The number of ether oxygens (including phenoxy) is 1. The second-order valence-corrected chi connectivity index (χ2v) is 8.37. The first-order valence-electron chi connectivity index (χ1n) is 13.6. The van der Waals surface area contributed by atoms with Crippen molar-refractivity contribution in [3.8, 4) is 17.0 Å². The number of amides is 1. The molecule has 0 radical (unpaired) electrons. The van der Waals surface area contributed by atoms with Gasteiger partial charge in [-0.25, -0.2) is 14.4 Å². The molecule has 4 aromatic rings. The Morgan fingerprint density at radius 2 is 1.71 bits per heavy atom. The van der Waals surface area contributed by atoms with Gasteiger partial charge in [-0.2, -0.15) is 4.39 Å². The Morgan fingerprint density at radius 3 is 2.36 bits per heavy atom. The number of hydrogen-bond donors (Lipinski definition) is 2. The van der Waals surface area contributed by atoms with Crippen LogP contribution in [-0.2, 0) is 16.0 Å². The van der Waals surface area contributed by atoms with Crippen LogP contribution in [0.4, 0.5) is 20.3 Å². The van der Waals surface area contributed by atoms with Crippen LogP contribution >= 0.6 is 0 Å². The maximum atomic E-state index is 14.7. The molecule has 0 fully saturated rings. The molecule has 0 atom stereocenters. The molecule has 0 bridgehead atoms. The molecule has 4 rings (SSSR count). The minimum absolute atomic E-state index is 0.0560. The van der Waals surface area contributed by atoms with Gasteiger partial charge in [-0.1, -0.05) is 40.5 Å². The molecule has 9 nitrogen and oxygen atoms in total. The number of aryl methyl sites for hydroxylation is 1. The number of nitrogens with zero attached hydrogens (tertiary/aromatic N) is 3. The van der Waals surface area contributed by atoms with Crippen LogP contribution in [0.1, 0.15) is 62.9 Å². The first-order valence-corrected chi connectivity index (χ1v) is 13.6. The first kappa shape index (κ1) is 35.4. The van der Waals surface area contributed by atoms with Gasteiger partial charge in [0.05, 0.1) is 19.0 Å². The van der Waals surface area contributed by atoms with Crippen molar-refractivity contribution in [1.29, 1.82) is 0 Å². The van der Waals surface area contributed by atoms with E-state index in [1.807, 2.05) is 46.5 Å². The molecule has 2 aromatic heterocycles. The number of unbranched alkanes of at least 4 members (excludes halogenated alkanes) is 2. The average molecular weight is 584 g/mol. The molecule has 11 heteroatoms. The number of methoxy groups -OCH3 is 1. The summed E-state index contributed by atoms with van der Waals surface area (Å²) < 4.78 is 35.5.